The molecule has 0 saturated heterocycles. The number of rotatable bonds is 2. The molecule has 0 aromatic carbocycles. The van der Waals surface area contributed by atoms with E-state index in [2.05, 4.69) is 26.2 Å². The molecule has 0 unspecified atom stereocenters. The number of hydrogen-bond donors (Lipinski definition) is 1. The van der Waals surface area contributed by atoms with Crippen molar-refractivity contribution in [2.45, 2.75) is 6.54 Å². The highest BCUT2D eigenvalue weighted by Gasteiger charge is 1.89. The Morgan fingerprint density at radius 1 is 1.42 bits per heavy atom. The summed E-state index contributed by atoms with van der Waals surface area (Å²) in [6, 6.07) is 3.97. The van der Waals surface area contributed by atoms with Crippen LogP contribution < -0.4 is 5.32 Å². The van der Waals surface area contributed by atoms with E-state index in [-0.39, 0.29) is 24.8 Å². The molecule has 0 fully saturated rings. The maximum Gasteiger partial charge on any atom is 0.0542 e. The minimum Gasteiger partial charge on any atom is -0.314 e. The normalized spacial score (nSPS) is 8.17. The second-order valence-electron chi connectivity index (χ2n) is 2.00. The van der Waals surface area contributed by atoms with Gasteiger partial charge >= 0.3 is 0 Å². The lowest BCUT2D eigenvalue weighted by Crippen LogP contribution is -2.06. The predicted molar refractivity (Wildman–Crippen MR) is 59.2 cm³/mol. The molecule has 0 aliphatic heterocycles. The van der Waals surface area contributed by atoms with Gasteiger partial charge in [-0.25, -0.2) is 0 Å². The lowest BCUT2D eigenvalue weighted by molar-refractivity contribution is 0.790. The summed E-state index contributed by atoms with van der Waals surface area (Å²) in [6.07, 6.45) is 1.80. The zero-order chi connectivity index (χ0) is 7.40. The third kappa shape index (κ3) is 4.93. The van der Waals surface area contributed by atoms with E-state index in [9.17, 15) is 0 Å². The third-order valence-corrected chi connectivity index (χ3v) is 1.62. The zero-order valence-corrected chi connectivity index (χ0v) is 9.80. The summed E-state index contributed by atoms with van der Waals surface area (Å²) >= 11 is 3.31. The number of halogens is 3. The molecule has 0 aliphatic carbocycles. The quantitative estimate of drug-likeness (QED) is 0.895. The number of pyridine rings is 1. The number of nitrogens with zero attached hydrogens (tertiary/aromatic N) is 1. The highest BCUT2D eigenvalue weighted by atomic mass is 79.9. The van der Waals surface area contributed by atoms with Crippen molar-refractivity contribution in [3.8, 4) is 0 Å². The van der Waals surface area contributed by atoms with Gasteiger partial charge in [0.05, 0.1) is 5.69 Å². The number of nitrogens with one attached hydrogen (secondary N) is 1. The fourth-order valence-electron chi connectivity index (χ4n) is 0.692. The molecular weight excluding hydrogens is 263 g/mol. The molecule has 0 amide bonds. The molecule has 0 atom stereocenters. The fourth-order valence-corrected chi connectivity index (χ4v) is 0.927. The molecule has 1 heterocycles. The molecule has 5 heteroatoms. The van der Waals surface area contributed by atoms with E-state index in [1.54, 1.807) is 6.20 Å². The second-order valence-corrected chi connectivity index (χ2v) is 2.91. The van der Waals surface area contributed by atoms with E-state index in [4.69, 9.17) is 0 Å². The van der Waals surface area contributed by atoms with Gasteiger partial charge in [0.2, 0.25) is 0 Å². The Morgan fingerprint density at radius 2 is 2.08 bits per heavy atom. The zero-order valence-electron chi connectivity index (χ0n) is 6.58. The Morgan fingerprint density at radius 3 is 2.50 bits per heavy atom. The van der Waals surface area contributed by atoms with Crippen LogP contribution in [0.4, 0.5) is 0 Å². The van der Waals surface area contributed by atoms with Crippen LogP contribution in [0, 0.1) is 0 Å². The van der Waals surface area contributed by atoms with Crippen molar-refractivity contribution >= 4 is 40.7 Å². The summed E-state index contributed by atoms with van der Waals surface area (Å²) in [6.45, 7) is 0.827. The van der Waals surface area contributed by atoms with Gasteiger partial charge in [0.15, 0.2) is 0 Å². The van der Waals surface area contributed by atoms with E-state index in [0.29, 0.717) is 0 Å². The van der Waals surface area contributed by atoms with Crippen LogP contribution in [0.5, 0.6) is 0 Å². The molecule has 0 spiro atoms. The van der Waals surface area contributed by atoms with Crippen LogP contribution in [0.2, 0.25) is 0 Å². The first-order valence-corrected chi connectivity index (χ1v) is 3.87. The average Bonchev–Trinajstić information content (AvgIpc) is 1.95. The summed E-state index contributed by atoms with van der Waals surface area (Å²) in [5.41, 5.74) is 1.06. The number of aromatic nitrogens is 1. The van der Waals surface area contributed by atoms with Gasteiger partial charge in [-0.15, -0.1) is 24.8 Å². The highest BCUT2D eigenvalue weighted by Crippen LogP contribution is 2.06. The van der Waals surface area contributed by atoms with Gasteiger partial charge in [0, 0.05) is 17.2 Å². The number of hydrogen-bond acceptors (Lipinski definition) is 2. The van der Waals surface area contributed by atoms with Gasteiger partial charge in [-0.05, 0) is 35.1 Å². The molecule has 12 heavy (non-hydrogen) atoms. The molecule has 0 aliphatic rings. The van der Waals surface area contributed by atoms with Gasteiger partial charge in [-0.3, -0.25) is 4.98 Å². The van der Waals surface area contributed by atoms with Gasteiger partial charge < -0.3 is 5.32 Å². The first-order chi connectivity index (χ1) is 4.83. The summed E-state index contributed by atoms with van der Waals surface area (Å²) in [5.74, 6) is 0. The van der Waals surface area contributed by atoms with Crippen molar-refractivity contribution in [2.24, 2.45) is 0 Å². The van der Waals surface area contributed by atoms with Crippen LogP contribution in [0.15, 0.2) is 22.8 Å². The van der Waals surface area contributed by atoms with Gasteiger partial charge in [-0.2, -0.15) is 0 Å². The maximum absolute atomic E-state index is 4.16. The van der Waals surface area contributed by atoms with E-state index >= 15 is 0 Å². The van der Waals surface area contributed by atoms with Crippen LogP contribution in [0.25, 0.3) is 0 Å². The molecule has 2 nitrogen and oxygen atoms in total. The van der Waals surface area contributed by atoms with Crippen LogP contribution >= 0.6 is 40.7 Å². The van der Waals surface area contributed by atoms with Gasteiger partial charge in [0.25, 0.3) is 0 Å². The molecule has 1 aromatic heterocycles. The standard InChI is InChI=1S/C7H9BrN2.2ClH/c1-9-5-7-3-2-6(8)4-10-7;;/h2-4,9H,5H2,1H3;2*1H. The first-order valence-electron chi connectivity index (χ1n) is 3.08. The average molecular weight is 274 g/mol. The minimum atomic E-state index is 0. The molecule has 0 radical (unpaired) electrons. The van der Waals surface area contributed by atoms with Crippen molar-refractivity contribution in [1.82, 2.24) is 10.3 Å². The van der Waals surface area contributed by atoms with Crippen LogP contribution in [0.1, 0.15) is 5.69 Å². The second kappa shape index (κ2) is 7.80. The van der Waals surface area contributed by atoms with Crippen molar-refractivity contribution < 1.29 is 0 Å². The summed E-state index contributed by atoms with van der Waals surface area (Å²) in [5, 5.41) is 3.03. The predicted octanol–water partition coefficient (Wildman–Crippen LogP) is 2.41. The molecular formula is C7H11BrCl2N2. The lowest BCUT2D eigenvalue weighted by atomic mass is 10.3. The molecule has 0 bridgehead atoms. The van der Waals surface area contributed by atoms with Crippen molar-refractivity contribution in [2.75, 3.05) is 7.05 Å². The summed E-state index contributed by atoms with van der Waals surface area (Å²) in [7, 11) is 1.91. The monoisotopic (exact) mass is 272 g/mol. The van der Waals surface area contributed by atoms with E-state index in [0.717, 1.165) is 16.7 Å². The molecule has 0 saturated carbocycles. The summed E-state index contributed by atoms with van der Waals surface area (Å²) < 4.78 is 1.02. The molecule has 1 N–H and O–H groups in total. The largest absolute Gasteiger partial charge is 0.314 e. The SMILES string of the molecule is CNCc1ccc(Br)cn1.Cl.Cl. The van der Waals surface area contributed by atoms with Crippen molar-refractivity contribution in [3.05, 3.63) is 28.5 Å². The van der Waals surface area contributed by atoms with Gasteiger partial charge in [-0.1, -0.05) is 0 Å². The Bertz CT molecular complexity index is 203. The molecule has 70 valence electrons. The van der Waals surface area contributed by atoms with Gasteiger partial charge in [0.1, 0.15) is 0 Å². The van der Waals surface area contributed by atoms with Crippen LogP contribution in [-0.2, 0) is 6.54 Å². The topological polar surface area (TPSA) is 24.9 Å². The highest BCUT2D eigenvalue weighted by molar-refractivity contribution is 9.10. The lowest BCUT2D eigenvalue weighted by Gasteiger charge is -1.96. The van der Waals surface area contributed by atoms with E-state index in [1.807, 2.05) is 19.2 Å². The third-order valence-electron chi connectivity index (χ3n) is 1.15. The Hall–Kier alpha value is 0.170. The van der Waals surface area contributed by atoms with Crippen molar-refractivity contribution in [1.29, 1.82) is 0 Å². The molecule has 1 aromatic rings. The maximum atomic E-state index is 4.16. The van der Waals surface area contributed by atoms with Crippen molar-refractivity contribution in [3.63, 3.8) is 0 Å². The van der Waals surface area contributed by atoms with E-state index < -0.39 is 0 Å². The minimum absolute atomic E-state index is 0. The Balaban J connectivity index is 0. The van der Waals surface area contributed by atoms with Crippen LogP contribution in [0.3, 0.4) is 0 Å². The van der Waals surface area contributed by atoms with E-state index in [1.165, 1.54) is 0 Å². The smallest absolute Gasteiger partial charge is 0.0542 e. The van der Waals surface area contributed by atoms with Crippen LogP contribution in [-0.4, -0.2) is 12.0 Å². The molecule has 1 rings (SSSR count). The fraction of sp³-hybridized carbons (Fsp3) is 0.286. The summed E-state index contributed by atoms with van der Waals surface area (Å²) in [4.78, 5) is 4.16. The Labute approximate surface area is 93.1 Å². The Kier molecular flexibility index (Phi) is 9.54. The first kappa shape index (κ1) is 14.7.